The fourth-order valence-electron chi connectivity index (χ4n) is 0.879. The van der Waals surface area contributed by atoms with Crippen LogP contribution in [0.2, 0.25) is 0 Å². The largest absolute Gasteiger partial charge is 0.460 e. The highest BCUT2D eigenvalue weighted by atomic mass is 35.5. The summed E-state index contributed by atoms with van der Waals surface area (Å²) < 4.78 is 5.07. The van der Waals surface area contributed by atoms with Crippen molar-refractivity contribution in [3.05, 3.63) is 0 Å². The monoisotopic (exact) mass is 220 g/mol. The third kappa shape index (κ3) is 5.97. The van der Waals surface area contributed by atoms with Gasteiger partial charge in [-0.25, -0.2) is 0 Å². The average Bonchev–Trinajstić information content (AvgIpc) is 1.99. The van der Waals surface area contributed by atoms with Gasteiger partial charge >= 0.3 is 5.97 Å². The number of esters is 1. The molecule has 0 aliphatic heterocycles. The van der Waals surface area contributed by atoms with Gasteiger partial charge in [0.05, 0.1) is 12.3 Å². The van der Waals surface area contributed by atoms with Crippen molar-refractivity contribution in [3.63, 3.8) is 0 Å². The van der Waals surface area contributed by atoms with Gasteiger partial charge in [0.1, 0.15) is 5.60 Å². The Balaban J connectivity index is 4.01. The Kier molecular flexibility index (Phi) is 5.13. The smallest absolute Gasteiger partial charge is 0.307 e. The molecule has 0 N–H and O–H groups in total. The number of hydrogen-bond acceptors (Lipinski definition) is 3. The number of carbonyl (C=O) groups excluding carboxylic acids is 2. The molecule has 4 heteroatoms. The maximum atomic E-state index is 11.3. The van der Waals surface area contributed by atoms with Gasteiger partial charge in [-0.1, -0.05) is 6.92 Å². The molecule has 0 aliphatic carbocycles. The van der Waals surface area contributed by atoms with Crippen molar-refractivity contribution < 1.29 is 14.3 Å². The van der Waals surface area contributed by atoms with E-state index in [-0.39, 0.29) is 30.0 Å². The summed E-state index contributed by atoms with van der Waals surface area (Å²) in [5.74, 6) is -0.896. The molecule has 0 fully saturated rings. The van der Waals surface area contributed by atoms with Crippen molar-refractivity contribution in [2.24, 2.45) is 5.92 Å². The lowest BCUT2D eigenvalue weighted by atomic mass is 10.0. The molecule has 0 amide bonds. The molecule has 0 aromatic heterocycles. The van der Waals surface area contributed by atoms with Crippen molar-refractivity contribution in [1.82, 2.24) is 0 Å². The Hall–Kier alpha value is -0.570. The topological polar surface area (TPSA) is 43.4 Å². The lowest BCUT2D eigenvalue weighted by Crippen LogP contribution is -2.26. The zero-order valence-electron chi connectivity index (χ0n) is 9.09. The second-order valence-electron chi connectivity index (χ2n) is 4.29. The third-order valence-corrected chi connectivity index (χ3v) is 1.84. The minimum absolute atomic E-state index is 0.0516. The first kappa shape index (κ1) is 13.4. The van der Waals surface area contributed by atoms with E-state index < -0.39 is 5.60 Å². The van der Waals surface area contributed by atoms with Crippen LogP contribution in [0.15, 0.2) is 0 Å². The van der Waals surface area contributed by atoms with Gasteiger partial charge in [0.25, 0.3) is 0 Å². The van der Waals surface area contributed by atoms with E-state index in [4.69, 9.17) is 16.3 Å². The standard InChI is InChI=1S/C10H17ClO3/c1-7(8(12)6-11)5-9(13)14-10(2,3)4/h7H,5-6H2,1-4H3/t7-/m1/s1. The molecule has 0 aromatic rings. The number of ketones is 1. The van der Waals surface area contributed by atoms with E-state index in [0.29, 0.717) is 0 Å². The predicted molar refractivity (Wildman–Crippen MR) is 55.4 cm³/mol. The number of Topliss-reactive ketones (excluding diaryl/α,β-unsaturated/α-hetero) is 1. The first-order valence-electron chi connectivity index (χ1n) is 4.57. The van der Waals surface area contributed by atoms with Gasteiger partial charge in [-0.15, -0.1) is 11.6 Å². The second kappa shape index (κ2) is 5.35. The lowest BCUT2D eigenvalue weighted by Gasteiger charge is -2.20. The molecule has 0 saturated carbocycles. The number of rotatable bonds is 4. The molecule has 0 radical (unpaired) electrons. The Morgan fingerprint density at radius 3 is 2.21 bits per heavy atom. The molecule has 0 saturated heterocycles. The maximum absolute atomic E-state index is 11.3. The van der Waals surface area contributed by atoms with Crippen LogP contribution in [0.1, 0.15) is 34.1 Å². The van der Waals surface area contributed by atoms with Gasteiger partial charge in [-0.05, 0) is 20.8 Å². The van der Waals surface area contributed by atoms with E-state index in [1.807, 2.05) is 0 Å². The van der Waals surface area contributed by atoms with Gasteiger partial charge in [-0.2, -0.15) is 0 Å². The Morgan fingerprint density at radius 1 is 1.36 bits per heavy atom. The summed E-state index contributed by atoms with van der Waals surface area (Å²) in [6.07, 6.45) is 0.100. The van der Waals surface area contributed by atoms with Crippen LogP contribution in [0, 0.1) is 5.92 Å². The summed E-state index contributed by atoms with van der Waals surface area (Å²) >= 11 is 5.36. The van der Waals surface area contributed by atoms with E-state index >= 15 is 0 Å². The first-order valence-corrected chi connectivity index (χ1v) is 5.10. The number of ether oxygens (including phenoxy) is 1. The van der Waals surface area contributed by atoms with E-state index in [1.54, 1.807) is 27.7 Å². The average molecular weight is 221 g/mol. The molecule has 0 aliphatic rings. The molecule has 14 heavy (non-hydrogen) atoms. The van der Waals surface area contributed by atoms with Gasteiger partial charge in [-0.3, -0.25) is 9.59 Å². The molecular formula is C10H17ClO3. The number of hydrogen-bond donors (Lipinski definition) is 0. The molecule has 0 bridgehead atoms. The van der Waals surface area contributed by atoms with Crippen molar-refractivity contribution in [2.45, 2.75) is 39.7 Å². The Bertz CT molecular complexity index is 218. The number of carbonyl (C=O) groups is 2. The van der Waals surface area contributed by atoms with Gasteiger partial charge in [0.2, 0.25) is 0 Å². The highest BCUT2D eigenvalue weighted by Gasteiger charge is 2.21. The Labute approximate surface area is 89.8 Å². The SMILES string of the molecule is C[C@H](CC(=O)OC(C)(C)C)C(=O)CCl. The van der Waals surface area contributed by atoms with Crippen LogP contribution < -0.4 is 0 Å². The van der Waals surface area contributed by atoms with Crippen LogP contribution >= 0.6 is 11.6 Å². The molecule has 3 nitrogen and oxygen atoms in total. The maximum Gasteiger partial charge on any atom is 0.307 e. The van der Waals surface area contributed by atoms with Crippen molar-refractivity contribution in [2.75, 3.05) is 5.88 Å². The van der Waals surface area contributed by atoms with Crippen molar-refractivity contribution in [1.29, 1.82) is 0 Å². The number of alkyl halides is 1. The minimum atomic E-state index is -0.499. The van der Waals surface area contributed by atoms with Crippen molar-refractivity contribution >= 4 is 23.4 Å². The van der Waals surface area contributed by atoms with Gasteiger partial charge in [0.15, 0.2) is 5.78 Å². The Morgan fingerprint density at radius 2 is 1.86 bits per heavy atom. The van der Waals surface area contributed by atoms with E-state index in [2.05, 4.69) is 0 Å². The summed E-state index contributed by atoms with van der Waals surface area (Å²) in [5.41, 5.74) is -0.499. The van der Waals surface area contributed by atoms with Crippen LogP contribution in [0.4, 0.5) is 0 Å². The summed E-state index contributed by atoms with van der Waals surface area (Å²) in [4.78, 5) is 22.3. The van der Waals surface area contributed by atoms with Crippen LogP contribution in [0.3, 0.4) is 0 Å². The second-order valence-corrected chi connectivity index (χ2v) is 4.56. The number of halogens is 1. The normalized spacial score (nSPS) is 13.5. The summed E-state index contributed by atoms with van der Waals surface area (Å²) in [6.45, 7) is 7.05. The van der Waals surface area contributed by atoms with E-state index in [1.165, 1.54) is 0 Å². The van der Waals surface area contributed by atoms with E-state index in [9.17, 15) is 9.59 Å². The zero-order chi connectivity index (χ0) is 11.4. The highest BCUT2D eigenvalue weighted by Crippen LogP contribution is 2.12. The quantitative estimate of drug-likeness (QED) is 0.539. The molecular weight excluding hydrogens is 204 g/mol. The summed E-state index contributed by atoms with van der Waals surface area (Å²) in [5, 5.41) is 0. The molecule has 1 atom stereocenters. The van der Waals surface area contributed by atoms with Crippen LogP contribution in [-0.4, -0.2) is 23.2 Å². The molecule has 82 valence electrons. The molecule has 0 aromatic carbocycles. The van der Waals surface area contributed by atoms with Gasteiger partial charge < -0.3 is 4.74 Å². The zero-order valence-corrected chi connectivity index (χ0v) is 9.85. The summed E-state index contributed by atoms with van der Waals surface area (Å²) in [6, 6.07) is 0. The minimum Gasteiger partial charge on any atom is -0.460 e. The van der Waals surface area contributed by atoms with Gasteiger partial charge in [0, 0.05) is 5.92 Å². The van der Waals surface area contributed by atoms with Crippen LogP contribution in [-0.2, 0) is 14.3 Å². The van der Waals surface area contributed by atoms with Crippen LogP contribution in [0.25, 0.3) is 0 Å². The highest BCUT2D eigenvalue weighted by molar-refractivity contribution is 6.28. The predicted octanol–water partition coefficient (Wildman–Crippen LogP) is 2.16. The van der Waals surface area contributed by atoms with Crippen LogP contribution in [0.5, 0.6) is 0 Å². The third-order valence-electron chi connectivity index (χ3n) is 1.57. The van der Waals surface area contributed by atoms with E-state index in [0.717, 1.165) is 0 Å². The molecule has 0 heterocycles. The molecule has 0 rings (SSSR count). The lowest BCUT2D eigenvalue weighted by molar-refractivity contribution is -0.156. The summed E-state index contributed by atoms with van der Waals surface area (Å²) in [7, 11) is 0. The first-order chi connectivity index (χ1) is 6.26. The fourth-order valence-corrected chi connectivity index (χ4v) is 1.14. The molecule has 0 unspecified atom stereocenters. The molecule has 0 spiro atoms. The fraction of sp³-hybridized carbons (Fsp3) is 0.800. The van der Waals surface area contributed by atoms with Crippen molar-refractivity contribution in [3.8, 4) is 0 Å².